The van der Waals surface area contributed by atoms with E-state index in [0.717, 1.165) is 38.5 Å². The molecule has 24 heavy (non-hydrogen) atoms. The van der Waals surface area contributed by atoms with E-state index in [1.54, 1.807) is 0 Å². The van der Waals surface area contributed by atoms with Crippen LogP contribution in [0, 0.1) is 34.5 Å². The smallest absolute Gasteiger partial charge is 0.309 e. The molecule has 0 aromatic heterocycles. The molecule has 2 bridgehead atoms. The lowest BCUT2D eigenvalue weighted by atomic mass is 9.49. The van der Waals surface area contributed by atoms with Gasteiger partial charge in [0.05, 0.1) is 5.92 Å². The maximum Gasteiger partial charge on any atom is 0.309 e. The van der Waals surface area contributed by atoms with Crippen LogP contribution in [0.4, 0.5) is 0 Å². The van der Waals surface area contributed by atoms with Gasteiger partial charge in [-0.25, -0.2) is 0 Å². The van der Waals surface area contributed by atoms with Crippen molar-refractivity contribution in [3.05, 3.63) is 0 Å². The van der Waals surface area contributed by atoms with Crippen molar-refractivity contribution in [2.24, 2.45) is 40.2 Å². The second-order valence-corrected chi connectivity index (χ2v) is 8.95. The normalized spacial score (nSPS) is 50.5. The Kier molecular flexibility index (Phi) is 3.39. The topological polar surface area (TPSA) is 86.5 Å². The predicted molar refractivity (Wildman–Crippen MR) is 86.6 cm³/mol. The molecule has 0 aromatic carbocycles. The summed E-state index contributed by atoms with van der Waals surface area (Å²) in [5.74, 6) is -0.413. The molecule has 0 radical (unpaired) electrons. The Morgan fingerprint density at radius 3 is 2.58 bits per heavy atom. The first-order valence-electron chi connectivity index (χ1n) is 9.30. The second kappa shape index (κ2) is 5.06. The van der Waals surface area contributed by atoms with E-state index in [1.807, 2.05) is 6.92 Å². The summed E-state index contributed by atoms with van der Waals surface area (Å²) in [5.41, 5.74) is 5.21. The van der Waals surface area contributed by atoms with Gasteiger partial charge in [0, 0.05) is 17.8 Å². The van der Waals surface area contributed by atoms with Crippen LogP contribution in [0.25, 0.3) is 0 Å². The summed E-state index contributed by atoms with van der Waals surface area (Å²) in [7, 11) is 0. The van der Waals surface area contributed by atoms with Crippen LogP contribution >= 0.6 is 0 Å². The van der Waals surface area contributed by atoms with Crippen molar-refractivity contribution in [2.75, 3.05) is 0 Å². The third kappa shape index (κ3) is 1.96. The van der Waals surface area contributed by atoms with E-state index in [4.69, 9.17) is 10.5 Å². The minimum absolute atomic E-state index is 0.0354. The van der Waals surface area contributed by atoms with Crippen LogP contribution in [0.3, 0.4) is 0 Å². The third-order valence-electron chi connectivity index (χ3n) is 8.02. The van der Waals surface area contributed by atoms with Gasteiger partial charge >= 0.3 is 5.97 Å². The Balaban J connectivity index is 1.71. The number of fused-ring (bicyclic) bond motifs is 3. The van der Waals surface area contributed by atoms with Gasteiger partial charge in [0.2, 0.25) is 5.91 Å². The van der Waals surface area contributed by atoms with Crippen LogP contribution in [0.15, 0.2) is 0 Å². The Bertz CT molecular complexity index is 616. The van der Waals surface area contributed by atoms with Crippen molar-refractivity contribution < 1.29 is 19.1 Å². The highest BCUT2D eigenvalue weighted by Gasteiger charge is 2.62. The van der Waals surface area contributed by atoms with Crippen molar-refractivity contribution in [2.45, 2.75) is 64.9 Å². The van der Waals surface area contributed by atoms with Gasteiger partial charge in [-0.05, 0) is 55.8 Å². The number of esters is 1. The van der Waals surface area contributed by atoms with Crippen molar-refractivity contribution in [3.63, 3.8) is 0 Å². The Morgan fingerprint density at radius 1 is 1.12 bits per heavy atom. The fourth-order valence-corrected chi connectivity index (χ4v) is 6.51. The van der Waals surface area contributed by atoms with Gasteiger partial charge in [0.15, 0.2) is 0 Å². The number of hydrogen-bond donors (Lipinski definition) is 1. The van der Waals surface area contributed by atoms with Gasteiger partial charge < -0.3 is 10.5 Å². The second-order valence-electron chi connectivity index (χ2n) is 8.95. The molecule has 132 valence electrons. The summed E-state index contributed by atoms with van der Waals surface area (Å²) in [5, 5.41) is 0. The molecule has 1 aliphatic heterocycles. The fourth-order valence-electron chi connectivity index (χ4n) is 6.51. The van der Waals surface area contributed by atoms with Gasteiger partial charge in [-0.2, -0.15) is 0 Å². The summed E-state index contributed by atoms with van der Waals surface area (Å²) in [6.45, 7) is 4.17. The van der Waals surface area contributed by atoms with Crippen LogP contribution in [0.5, 0.6) is 0 Å². The maximum absolute atomic E-state index is 12.4. The summed E-state index contributed by atoms with van der Waals surface area (Å²) >= 11 is 0. The van der Waals surface area contributed by atoms with Crippen LogP contribution < -0.4 is 5.73 Å². The molecular weight excluding hydrogens is 306 g/mol. The lowest BCUT2D eigenvalue weighted by Gasteiger charge is -2.52. The number of nitrogens with two attached hydrogens (primary N) is 1. The highest BCUT2D eigenvalue weighted by atomic mass is 16.6. The summed E-state index contributed by atoms with van der Waals surface area (Å²) < 4.78 is 5.48. The lowest BCUT2D eigenvalue weighted by Crippen LogP contribution is -2.54. The SMILES string of the molecule is C[C@]1([C@H]2CC[C@]3(C)C(=O)CC[C@H]3[C@@H]2C(N)=O)CC[C@H]2C[C@@H]1C(=O)O2. The molecule has 4 aliphatic rings. The summed E-state index contributed by atoms with van der Waals surface area (Å²) in [4.78, 5) is 37.2. The van der Waals surface area contributed by atoms with Crippen LogP contribution in [0.1, 0.15) is 58.8 Å². The molecule has 1 amide bonds. The minimum atomic E-state index is -0.403. The summed E-state index contributed by atoms with van der Waals surface area (Å²) in [6.07, 6.45) is 5.54. The summed E-state index contributed by atoms with van der Waals surface area (Å²) in [6, 6.07) is 0. The molecular formula is C19H27NO4. The number of hydrogen-bond acceptors (Lipinski definition) is 4. The van der Waals surface area contributed by atoms with Gasteiger partial charge in [0.25, 0.3) is 0 Å². The number of rotatable bonds is 2. The van der Waals surface area contributed by atoms with E-state index < -0.39 is 5.41 Å². The maximum atomic E-state index is 12.4. The molecule has 3 saturated carbocycles. The molecule has 1 heterocycles. The molecule has 5 nitrogen and oxygen atoms in total. The third-order valence-corrected chi connectivity index (χ3v) is 8.02. The zero-order chi connectivity index (χ0) is 17.3. The van der Waals surface area contributed by atoms with E-state index in [-0.39, 0.29) is 52.9 Å². The van der Waals surface area contributed by atoms with Gasteiger partial charge in [-0.15, -0.1) is 0 Å². The van der Waals surface area contributed by atoms with E-state index in [0.29, 0.717) is 6.42 Å². The van der Waals surface area contributed by atoms with E-state index in [1.165, 1.54) is 0 Å². The van der Waals surface area contributed by atoms with Crippen molar-refractivity contribution in [1.29, 1.82) is 0 Å². The number of carbonyl (C=O) groups excluding carboxylic acids is 3. The van der Waals surface area contributed by atoms with Crippen molar-refractivity contribution in [1.82, 2.24) is 0 Å². The molecule has 4 fully saturated rings. The monoisotopic (exact) mass is 333 g/mol. The highest BCUT2D eigenvalue weighted by molar-refractivity contribution is 5.89. The zero-order valence-electron chi connectivity index (χ0n) is 14.5. The number of Topliss-reactive ketones (excluding diaryl/α,β-unsaturated/α-hetero) is 1. The number of ketones is 1. The number of amides is 1. The average molecular weight is 333 g/mol. The first-order chi connectivity index (χ1) is 11.3. The van der Waals surface area contributed by atoms with Crippen LogP contribution in [0.2, 0.25) is 0 Å². The van der Waals surface area contributed by atoms with E-state index in [2.05, 4.69) is 6.92 Å². The number of primary amides is 1. The standard InChI is InChI=1S/C19H27NO4/c1-18(7-5-10-9-13(18)17(23)24-10)12-6-8-19(2)11(3-4-14(19)21)15(12)16(20)22/h10-13,15H,3-9H2,1-2H3,(H2,20,22)/t10-,11-,12-,13+,15-,18+,19-/m0/s1. The molecule has 3 aliphatic carbocycles. The van der Waals surface area contributed by atoms with Crippen molar-refractivity contribution >= 4 is 17.7 Å². The van der Waals surface area contributed by atoms with Crippen LogP contribution in [-0.4, -0.2) is 23.8 Å². The molecule has 0 unspecified atom stereocenters. The number of carbonyl (C=O) groups is 3. The molecule has 4 rings (SSSR count). The molecule has 5 heteroatoms. The zero-order valence-corrected chi connectivity index (χ0v) is 14.5. The highest BCUT2D eigenvalue weighted by Crippen LogP contribution is 2.62. The quantitative estimate of drug-likeness (QED) is 0.785. The Hall–Kier alpha value is -1.39. The van der Waals surface area contributed by atoms with Gasteiger partial charge in [-0.3, -0.25) is 14.4 Å². The van der Waals surface area contributed by atoms with Gasteiger partial charge in [0.1, 0.15) is 11.9 Å². The van der Waals surface area contributed by atoms with E-state index in [9.17, 15) is 14.4 Å². The van der Waals surface area contributed by atoms with Crippen molar-refractivity contribution in [3.8, 4) is 0 Å². The number of ether oxygens (including phenoxy) is 1. The van der Waals surface area contributed by atoms with Gasteiger partial charge in [-0.1, -0.05) is 13.8 Å². The lowest BCUT2D eigenvalue weighted by molar-refractivity contribution is -0.152. The Morgan fingerprint density at radius 2 is 1.88 bits per heavy atom. The minimum Gasteiger partial charge on any atom is -0.462 e. The fraction of sp³-hybridized carbons (Fsp3) is 0.842. The largest absolute Gasteiger partial charge is 0.462 e. The average Bonchev–Trinajstić information content (AvgIpc) is 3.01. The first kappa shape index (κ1) is 16.1. The molecule has 7 atom stereocenters. The van der Waals surface area contributed by atoms with E-state index >= 15 is 0 Å². The van der Waals surface area contributed by atoms with Crippen LogP contribution in [-0.2, 0) is 19.1 Å². The molecule has 0 aromatic rings. The first-order valence-corrected chi connectivity index (χ1v) is 9.30. The Labute approximate surface area is 142 Å². The predicted octanol–water partition coefficient (Wildman–Crippen LogP) is 2.22. The molecule has 0 spiro atoms. The molecule has 1 saturated heterocycles. The molecule has 2 N–H and O–H groups in total.